The number of aromatic nitrogens is 4. The molecule has 0 radical (unpaired) electrons. The smallest absolute Gasteiger partial charge is 0.225 e. The molecule has 1 saturated heterocycles. The van der Waals surface area contributed by atoms with Crippen LogP contribution < -0.4 is 5.32 Å². The molecule has 3 N–H and O–H groups in total. The third-order valence-electron chi connectivity index (χ3n) is 3.89. The minimum absolute atomic E-state index is 0.131. The fourth-order valence-corrected chi connectivity index (χ4v) is 2.71. The van der Waals surface area contributed by atoms with Crippen LogP contribution in [0.2, 0.25) is 0 Å². The topological polar surface area (TPSA) is 141 Å². The lowest BCUT2D eigenvalue weighted by Crippen LogP contribution is -2.26. The number of aliphatic hydroxyl groups excluding tert-OH is 1. The summed E-state index contributed by atoms with van der Waals surface area (Å²) in [6.07, 6.45) is 2.24. The summed E-state index contributed by atoms with van der Waals surface area (Å²) in [6.45, 7) is 1.78. The van der Waals surface area contributed by atoms with Crippen LogP contribution in [0.4, 0.5) is 5.82 Å². The van der Waals surface area contributed by atoms with Gasteiger partial charge in [-0.3, -0.25) is 9.36 Å². The Hall–Kier alpha value is -2.18. The number of ether oxygens (including phenoxy) is 1. The van der Waals surface area contributed by atoms with Gasteiger partial charge in [0.25, 0.3) is 0 Å². The molecule has 1 unspecified atom stereocenters. The number of carbonyl (C=O) groups excluding carboxylic acids is 1. The fraction of sp³-hybridized carbons (Fsp3) is 0.571. The zero-order valence-corrected chi connectivity index (χ0v) is 13.5. The molecule has 1 aliphatic heterocycles. The molecule has 2 aromatic rings. The molecule has 3 heterocycles. The number of nitrogens with one attached hydrogen (secondary N) is 1. The fourth-order valence-electron chi connectivity index (χ4n) is 2.71. The number of amides is 1. The lowest BCUT2D eigenvalue weighted by atomic mass is 10.2. The van der Waals surface area contributed by atoms with E-state index in [1.54, 1.807) is 4.57 Å². The van der Waals surface area contributed by atoms with E-state index in [1.165, 1.54) is 12.7 Å². The zero-order valence-electron chi connectivity index (χ0n) is 13.5. The molecule has 3 atom stereocenters. The van der Waals surface area contributed by atoms with Gasteiger partial charge in [-0.15, -0.1) is 0 Å². The number of carbonyl (C=O) groups is 1. The molecule has 1 amide bonds. The van der Waals surface area contributed by atoms with Gasteiger partial charge in [-0.1, -0.05) is 12.0 Å². The molecule has 11 nitrogen and oxygen atoms in total. The molecular formula is C14H19N5O6. The van der Waals surface area contributed by atoms with Crippen molar-refractivity contribution >= 4 is 22.9 Å². The van der Waals surface area contributed by atoms with Gasteiger partial charge in [0.05, 0.1) is 12.4 Å². The Kier molecular flexibility index (Phi) is 5.50. The summed E-state index contributed by atoms with van der Waals surface area (Å²) < 4.78 is 7.35. The molecule has 3 rings (SSSR count). The summed E-state index contributed by atoms with van der Waals surface area (Å²) in [6, 6.07) is 0. The number of hydrogen-bond acceptors (Lipinski definition) is 9. The maximum absolute atomic E-state index is 11.8. The summed E-state index contributed by atoms with van der Waals surface area (Å²) >= 11 is 0. The van der Waals surface area contributed by atoms with Crippen molar-refractivity contribution in [2.75, 3.05) is 11.9 Å². The van der Waals surface area contributed by atoms with Crippen LogP contribution in [0.5, 0.6) is 0 Å². The Labute approximate surface area is 142 Å². The van der Waals surface area contributed by atoms with Crippen molar-refractivity contribution in [1.29, 1.82) is 0 Å². The Balaban J connectivity index is 1.81. The first-order valence-corrected chi connectivity index (χ1v) is 7.88. The molecule has 1 fully saturated rings. The number of fused-ring (bicyclic) bond motifs is 1. The minimum atomic E-state index is -0.803. The van der Waals surface area contributed by atoms with Crippen LogP contribution in [0.3, 0.4) is 0 Å². The van der Waals surface area contributed by atoms with E-state index in [0.717, 1.165) is 6.42 Å². The third-order valence-corrected chi connectivity index (χ3v) is 3.89. The first-order chi connectivity index (χ1) is 12.1. The van der Waals surface area contributed by atoms with Gasteiger partial charge in [0.1, 0.15) is 25.3 Å². The van der Waals surface area contributed by atoms with E-state index in [1.807, 2.05) is 6.92 Å². The van der Waals surface area contributed by atoms with Crippen molar-refractivity contribution in [1.82, 2.24) is 19.5 Å². The Morgan fingerprint density at radius 1 is 1.48 bits per heavy atom. The van der Waals surface area contributed by atoms with Gasteiger partial charge in [-0.25, -0.2) is 25.1 Å². The lowest BCUT2D eigenvalue weighted by Gasteiger charge is -2.14. The maximum Gasteiger partial charge on any atom is 0.225 e. The van der Waals surface area contributed by atoms with Gasteiger partial charge in [0.15, 0.2) is 17.0 Å². The van der Waals surface area contributed by atoms with Crippen LogP contribution >= 0.6 is 0 Å². The van der Waals surface area contributed by atoms with Gasteiger partial charge in [0.2, 0.25) is 5.91 Å². The number of anilines is 1. The number of imidazole rings is 1. The summed E-state index contributed by atoms with van der Waals surface area (Å²) in [4.78, 5) is 28.7. The zero-order chi connectivity index (χ0) is 17.8. The largest absolute Gasteiger partial charge is 0.390 e. The van der Waals surface area contributed by atoms with E-state index in [9.17, 15) is 9.90 Å². The van der Waals surface area contributed by atoms with Crippen LogP contribution in [-0.4, -0.2) is 54.6 Å². The first kappa shape index (κ1) is 17.6. The van der Waals surface area contributed by atoms with Crippen LogP contribution in [0.1, 0.15) is 32.4 Å². The number of aliphatic hydroxyl groups is 1. The standard InChI is InChI=1S/C14H19N5O6/c1-2-3-10(21)18-13-12-14(16-6-15-13)19(7-17-12)11-4-8(20)9(24-11)5-23-25-22/h6-9,11,20,22H,2-5H2,1H3,(H,15,16,18,21)/t8-,9?,11+/m0/s1. The first-order valence-electron chi connectivity index (χ1n) is 7.88. The van der Waals surface area contributed by atoms with Gasteiger partial charge in [0, 0.05) is 12.8 Å². The SMILES string of the molecule is CCCC(=O)Nc1ncnc2c1ncn2[C@H]1C[C@H](O)C(COOO)O1. The van der Waals surface area contributed by atoms with Crippen molar-refractivity contribution in [2.24, 2.45) is 0 Å². The minimum Gasteiger partial charge on any atom is -0.390 e. The Morgan fingerprint density at radius 2 is 2.32 bits per heavy atom. The highest BCUT2D eigenvalue weighted by molar-refractivity contribution is 5.96. The second-order valence-electron chi connectivity index (χ2n) is 5.64. The van der Waals surface area contributed by atoms with Gasteiger partial charge >= 0.3 is 0 Å². The molecule has 0 spiro atoms. The van der Waals surface area contributed by atoms with Gasteiger partial charge in [-0.05, 0) is 6.42 Å². The summed E-state index contributed by atoms with van der Waals surface area (Å²) in [5, 5.41) is 24.5. The van der Waals surface area contributed by atoms with E-state index < -0.39 is 18.4 Å². The second kappa shape index (κ2) is 7.80. The second-order valence-corrected chi connectivity index (χ2v) is 5.64. The number of nitrogens with zero attached hydrogens (tertiary/aromatic N) is 4. The highest BCUT2D eigenvalue weighted by Gasteiger charge is 2.36. The van der Waals surface area contributed by atoms with Crippen LogP contribution in [-0.2, 0) is 19.5 Å². The van der Waals surface area contributed by atoms with E-state index in [-0.39, 0.29) is 18.9 Å². The quantitative estimate of drug-likeness (QED) is 0.483. The predicted octanol–water partition coefficient (Wildman–Crippen LogP) is 0.634. The molecule has 136 valence electrons. The maximum atomic E-state index is 11.8. The Morgan fingerprint density at radius 3 is 3.08 bits per heavy atom. The normalized spacial score (nSPS) is 23.2. The third kappa shape index (κ3) is 3.75. The van der Waals surface area contributed by atoms with Crippen molar-refractivity contribution in [3.8, 4) is 0 Å². The van der Waals surface area contributed by atoms with E-state index in [2.05, 4.69) is 30.2 Å². The molecule has 25 heavy (non-hydrogen) atoms. The lowest BCUT2D eigenvalue weighted by molar-refractivity contribution is -0.495. The molecule has 11 heteroatoms. The van der Waals surface area contributed by atoms with E-state index >= 15 is 0 Å². The van der Waals surface area contributed by atoms with Crippen LogP contribution in [0.25, 0.3) is 11.2 Å². The van der Waals surface area contributed by atoms with Crippen molar-refractivity contribution in [3.63, 3.8) is 0 Å². The average Bonchev–Trinajstić information content (AvgIpc) is 3.17. The highest BCUT2D eigenvalue weighted by atomic mass is 17.5. The van der Waals surface area contributed by atoms with Crippen LogP contribution in [0.15, 0.2) is 12.7 Å². The summed E-state index contributed by atoms with van der Waals surface area (Å²) in [5.74, 6) is 0.181. The van der Waals surface area contributed by atoms with E-state index in [0.29, 0.717) is 23.4 Å². The average molecular weight is 353 g/mol. The molecular weight excluding hydrogens is 334 g/mol. The van der Waals surface area contributed by atoms with Gasteiger partial charge in [-0.2, -0.15) is 0 Å². The van der Waals surface area contributed by atoms with Crippen LogP contribution in [0, 0.1) is 0 Å². The van der Waals surface area contributed by atoms with Crippen molar-refractivity contribution in [3.05, 3.63) is 12.7 Å². The monoisotopic (exact) mass is 353 g/mol. The number of rotatable bonds is 7. The van der Waals surface area contributed by atoms with Gasteiger partial charge < -0.3 is 15.2 Å². The van der Waals surface area contributed by atoms with E-state index in [4.69, 9.17) is 9.99 Å². The predicted molar refractivity (Wildman–Crippen MR) is 83.1 cm³/mol. The highest BCUT2D eigenvalue weighted by Crippen LogP contribution is 2.31. The molecule has 0 bridgehead atoms. The van der Waals surface area contributed by atoms with Crippen molar-refractivity contribution in [2.45, 2.75) is 44.6 Å². The molecule has 0 aliphatic carbocycles. The molecule has 0 aromatic carbocycles. The summed E-state index contributed by atoms with van der Waals surface area (Å²) in [5.41, 5.74) is 0.905. The molecule has 2 aromatic heterocycles. The Bertz CT molecular complexity index is 738. The number of hydrogen-bond donors (Lipinski definition) is 3. The molecule has 0 saturated carbocycles. The van der Waals surface area contributed by atoms with Crippen molar-refractivity contribution < 1.29 is 29.8 Å². The summed E-state index contributed by atoms with van der Waals surface area (Å²) in [7, 11) is 0. The molecule has 1 aliphatic rings.